The van der Waals surface area contributed by atoms with E-state index in [9.17, 15) is 4.79 Å². The number of para-hydroxylation sites is 1. The summed E-state index contributed by atoms with van der Waals surface area (Å²) in [6.45, 7) is -0.404. The van der Waals surface area contributed by atoms with Crippen molar-refractivity contribution in [3.8, 4) is 17.2 Å². The van der Waals surface area contributed by atoms with Gasteiger partial charge < -0.3 is 20.3 Å². The van der Waals surface area contributed by atoms with Crippen molar-refractivity contribution >= 4 is 11.7 Å². The Morgan fingerprint density at radius 1 is 1.11 bits per heavy atom. The first-order valence-corrected chi connectivity index (χ1v) is 5.62. The average molecular weight is 259 g/mol. The second kappa shape index (κ2) is 5.77. The van der Waals surface area contributed by atoms with E-state index in [0.29, 0.717) is 22.9 Å². The predicted octanol–water partition coefficient (Wildman–Crippen LogP) is 2.52. The van der Waals surface area contributed by atoms with Gasteiger partial charge in [0.25, 0.3) is 0 Å². The van der Waals surface area contributed by atoms with Gasteiger partial charge in [-0.25, -0.2) is 4.79 Å². The van der Waals surface area contributed by atoms with Crippen LogP contribution in [0.25, 0.3) is 0 Å². The van der Waals surface area contributed by atoms with Crippen molar-refractivity contribution in [2.75, 3.05) is 12.3 Å². The maximum absolute atomic E-state index is 10.4. The second-order valence-corrected chi connectivity index (χ2v) is 3.80. The maximum atomic E-state index is 10.4. The van der Waals surface area contributed by atoms with Gasteiger partial charge in [-0.3, -0.25) is 0 Å². The molecule has 3 N–H and O–H groups in total. The SMILES string of the molecule is Nc1cc(OCC(=O)O)ccc1Oc1ccccc1. The Hall–Kier alpha value is -2.69. The van der Waals surface area contributed by atoms with E-state index in [1.165, 1.54) is 6.07 Å². The number of nitrogens with two attached hydrogens (primary N) is 1. The fourth-order valence-corrected chi connectivity index (χ4v) is 1.47. The molecule has 98 valence electrons. The van der Waals surface area contributed by atoms with Crippen molar-refractivity contribution < 1.29 is 19.4 Å². The molecule has 0 spiro atoms. The number of anilines is 1. The zero-order chi connectivity index (χ0) is 13.7. The molecule has 2 rings (SSSR count). The number of benzene rings is 2. The molecular formula is C14H13NO4. The third kappa shape index (κ3) is 3.64. The highest BCUT2D eigenvalue weighted by atomic mass is 16.5. The van der Waals surface area contributed by atoms with Gasteiger partial charge in [0.15, 0.2) is 12.4 Å². The van der Waals surface area contributed by atoms with Crippen LogP contribution in [0, 0.1) is 0 Å². The molecule has 0 aromatic heterocycles. The molecule has 0 unspecified atom stereocenters. The molecule has 0 saturated carbocycles. The monoisotopic (exact) mass is 259 g/mol. The normalized spacial score (nSPS) is 9.89. The summed E-state index contributed by atoms with van der Waals surface area (Å²) in [5.41, 5.74) is 6.20. The first-order chi connectivity index (χ1) is 9.15. The Morgan fingerprint density at radius 3 is 2.47 bits per heavy atom. The molecule has 5 heteroatoms. The Bertz CT molecular complexity index is 569. The van der Waals surface area contributed by atoms with Crippen molar-refractivity contribution in [1.82, 2.24) is 0 Å². The van der Waals surface area contributed by atoms with Crippen LogP contribution in [0.5, 0.6) is 17.2 Å². The topological polar surface area (TPSA) is 81.8 Å². The summed E-state index contributed by atoms with van der Waals surface area (Å²) >= 11 is 0. The summed E-state index contributed by atoms with van der Waals surface area (Å²) in [6, 6.07) is 14.0. The van der Waals surface area contributed by atoms with E-state index < -0.39 is 12.6 Å². The van der Waals surface area contributed by atoms with E-state index in [2.05, 4.69) is 0 Å². The van der Waals surface area contributed by atoms with Gasteiger partial charge in [-0.05, 0) is 24.3 Å². The summed E-state index contributed by atoms with van der Waals surface area (Å²) in [5.74, 6) is 0.519. The van der Waals surface area contributed by atoms with Gasteiger partial charge in [0.2, 0.25) is 0 Å². The Morgan fingerprint density at radius 2 is 1.84 bits per heavy atom. The van der Waals surface area contributed by atoms with Gasteiger partial charge in [-0.1, -0.05) is 18.2 Å². The molecule has 0 aliphatic carbocycles. The number of nitrogen functional groups attached to an aromatic ring is 1. The third-order valence-corrected chi connectivity index (χ3v) is 2.31. The molecule has 0 radical (unpaired) electrons. The van der Waals surface area contributed by atoms with E-state index in [4.69, 9.17) is 20.3 Å². The van der Waals surface area contributed by atoms with Crippen LogP contribution in [0.3, 0.4) is 0 Å². The number of aliphatic carboxylic acids is 1. The zero-order valence-corrected chi connectivity index (χ0v) is 10.1. The Balaban J connectivity index is 2.09. The summed E-state index contributed by atoms with van der Waals surface area (Å²) in [7, 11) is 0. The van der Waals surface area contributed by atoms with Gasteiger partial charge in [-0.2, -0.15) is 0 Å². The minimum atomic E-state index is -1.04. The van der Waals surface area contributed by atoms with Crippen LogP contribution < -0.4 is 15.2 Å². The molecule has 19 heavy (non-hydrogen) atoms. The lowest BCUT2D eigenvalue weighted by Crippen LogP contribution is -2.09. The van der Waals surface area contributed by atoms with Gasteiger partial charge in [0.05, 0.1) is 5.69 Å². The van der Waals surface area contributed by atoms with Crippen LogP contribution in [0.15, 0.2) is 48.5 Å². The zero-order valence-electron chi connectivity index (χ0n) is 10.1. The van der Waals surface area contributed by atoms with E-state index in [1.54, 1.807) is 12.1 Å². The van der Waals surface area contributed by atoms with Gasteiger partial charge >= 0.3 is 5.97 Å². The average Bonchev–Trinajstić information content (AvgIpc) is 2.40. The van der Waals surface area contributed by atoms with Crippen LogP contribution in [-0.4, -0.2) is 17.7 Å². The summed E-state index contributed by atoms with van der Waals surface area (Å²) in [6.07, 6.45) is 0. The van der Waals surface area contributed by atoms with E-state index in [0.717, 1.165) is 0 Å². The molecule has 0 aliphatic heterocycles. The van der Waals surface area contributed by atoms with Gasteiger partial charge in [-0.15, -0.1) is 0 Å². The summed E-state index contributed by atoms with van der Waals surface area (Å²) in [4.78, 5) is 10.4. The molecule has 0 atom stereocenters. The molecule has 5 nitrogen and oxygen atoms in total. The summed E-state index contributed by atoms with van der Waals surface area (Å²) < 4.78 is 10.6. The lowest BCUT2D eigenvalue weighted by atomic mass is 10.2. The second-order valence-electron chi connectivity index (χ2n) is 3.80. The largest absolute Gasteiger partial charge is 0.482 e. The van der Waals surface area contributed by atoms with E-state index >= 15 is 0 Å². The fourth-order valence-electron chi connectivity index (χ4n) is 1.47. The van der Waals surface area contributed by atoms with Crippen molar-refractivity contribution in [1.29, 1.82) is 0 Å². The van der Waals surface area contributed by atoms with Gasteiger partial charge in [0, 0.05) is 6.07 Å². The highest BCUT2D eigenvalue weighted by Gasteiger charge is 2.05. The number of ether oxygens (including phenoxy) is 2. The number of hydrogen-bond acceptors (Lipinski definition) is 4. The Kier molecular flexibility index (Phi) is 3.87. The van der Waals surface area contributed by atoms with E-state index in [1.807, 2.05) is 30.3 Å². The van der Waals surface area contributed by atoms with Crippen LogP contribution in [0.4, 0.5) is 5.69 Å². The molecule has 0 saturated heterocycles. The van der Waals surface area contributed by atoms with Crippen LogP contribution in [0.1, 0.15) is 0 Å². The summed E-state index contributed by atoms with van der Waals surface area (Å²) in [5, 5.41) is 8.51. The standard InChI is InChI=1S/C14H13NO4/c15-12-8-11(18-9-14(16)17)6-7-13(12)19-10-4-2-1-3-5-10/h1-8H,9,15H2,(H,16,17). The molecule has 0 amide bonds. The minimum absolute atomic E-state index is 0.381. The highest BCUT2D eigenvalue weighted by Crippen LogP contribution is 2.30. The fraction of sp³-hybridized carbons (Fsp3) is 0.0714. The number of hydrogen-bond donors (Lipinski definition) is 2. The van der Waals surface area contributed by atoms with Crippen molar-refractivity contribution in [3.63, 3.8) is 0 Å². The molecule has 0 bridgehead atoms. The lowest BCUT2D eigenvalue weighted by Gasteiger charge is -2.10. The quantitative estimate of drug-likeness (QED) is 0.806. The van der Waals surface area contributed by atoms with Gasteiger partial charge in [0.1, 0.15) is 11.5 Å². The number of carbonyl (C=O) groups is 1. The van der Waals surface area contributed by atoms with Crippen molar-refractivity contribution in [2.45, 2.75) is 0 Å². The molecule has 0 heterocycles. The number of carboxylic acid groups (broad SMARTS) is 1. The minimum Gasteiger partial charge on any atom is -0.482 e. The van der Waals surface area contributed by atoms with E-state index in [-0.39, 0.29) is 0 Å². The molecule has 0 aliphatic rings. The van der Waals surface area contributed by atoms with Crippen molar-refractivity contribution in [3.05, 3.63) is 48.5 Å². The highest BCUT2D eigenvalue weighted by molar-refractivity contribution is 5.68. The number of rotatable bonds is 5. The van der Waals surface area contributed by atoms with Crippen LogP contribution in [0.2, 0.25) is 0 Å². The molecule has 2 aromatic rings. The predicted molar refractivity (Wildman–Crippen MR) is 70.5 cm³/mol. The Labute approximate surface area is 110 Å². The van der Waals surface area contributed by atoms with Crippen LogP contribution >= 0.6 is 0 Å². The third-order valence-electron chi connectivity index (χ3n) is 2.31. The first-order valence-electron chi connectivity index (χ1n) is 5.62. The lowest BCUT2D eigenvalue weighted by molar-refractivity contribution is -0.139. The molecule has 0 fully saturated rings. The first kappa shape index (κ1) is 12.8. The molecular weight excluding hydrogens is 246 g/mol. The smallest absolute Gasteiger partial charge is 0.341 e. The number of carboxylic acids is 1. The molecule has 2 aromatic carbocycles. The van der Waals surface area contributed by atoms with Crippen molar-refractivity contribution in [2.24, 2.45) is 0 Å². The van der Waals surface area contributed by atoms with Crippen LogP contribution in [-0.2, 0) is 4.79 Å². The maximum Gasteiger partial charge on any atom is 0.341 e.